The first kappa shape index (κ1) is 19.8. The summed E-state index contributed by atoms with van der Waals surface area (Å²) in [5.41, 5.74) is 0.809. The first-order valence-electron chi connectivity index (χ1n) is 10.2. The molecule has 2 atom stereocenters. The lowest BCUT2D eigenvalue weighted by Gasteiger charge is -2.33. The number of rotatable bonds is 6. The molecule has 3 heterocycles. The van der Waals surface area contributed by atoms with E-state index in [-0.39, 0.29) is 0 Å². The minimum Gasteiger partial charge on any atom is -0.370 e. The molecule has 0 aromatic carbocycles. The molecule has 2 aliphatic rings. The number of nitriles is 1. The third-order valence-electron chi connectivity index (χ3n) is 6.37. The van der Waals surface area contributed by atoms with Crippen molar-refractivity contribution in [3.8, 4) is 6.07 Å². The third kappa shape index (κ3) is 4.59. The molecule has 0 radical (unpaired) electrons. The van der Waals surface area contributed by atoms with Crippen molar-refractivity contribution in [3.05, 3.63) is 35.0 Å². The highest BCUT2D eigenvalue weighted by Crippen LogP contribution is 2.60. The Hall–Kier alpha value is -2.46. The van der Waals surface area contributed by atoms with Crippen molar-refractivity contribution < 1.29 is 0 Å². The van der Waals surface area contributed by atoms with Crippen molar-refractivity contribution in [1.29, 1.82) is 5.26 Å². The number of hydrogen-bond acceptors (Lipinski definition) is 7. The van der Waals surface area contributed by atoms with Crippen LogP contribution in [0.1, 0.15) is 44.1 Å². The van der Waals surface area contributed by atoms with Gasteiger partial charge in [-0.25, -0.2) is 19.9 Å². The number of aromatic nitrogens is 4. The summed E-state index contributed by atoms with van der Waals surface area (Å²) in [5.74, 6) is 3.71. The van der Waals surface area contributed by atoms with Gasteiger partial charge in [0, 0.05) is 25.7 Å². The van der Waals surface area contributed by atoms with E-state index in [1.54, 1.807) is 18.5 Å². The van der Waals surface area contributed by atoms with Crippen LogP contribution in [0.3, 0.4) is 0 Å². The topological polar surface area (TPSA) is 90.6 Å². The molecule has 8 heteroatoms. The van der Waals surface area contributed by atoms with Crippen LogP contribution in [0.25, 0.3) is 0 Å². The second kappa shape index (κ2) is 8.11. The number of nitrogens with one attached hydrogen (secondary N) is 1. The Morgan fingerprint density at radius 2 is 2.00 bits per heavy atom. The maximum atomic E-state index is 9.05. The molecule has 2 aromatic rings. The molecule has 29 heavy (non-hydrogen) atoms. The van der Waals surface area contributed by atoms with Gasteiger partial charge in [-0.15, -0.1) is 0 Å². The van der Waals surface area contributed by atoms with E-state index in [1.165, 1.54) is 19.3 Å². The van der Waals surface area contributed by atoms with Crippen LogP contribution in [0.15, 0.2) is 18.5 Å². The van der Waals surface area contributed by atoms with Crippen LogP contribution < -0.4 is 10.2 Å². The van der Waals surface area contributed by atoms with Crippen LogP contribution >= 0.6 is 11.6 Å². The first-order chi connectivity index (χ1) is 14.0. The quantitative estimate of drug-likeness (QED) is 0.771. The van der Waals surface area contributed by atoms with Crippen LogP contribution in [0.5, 0.6) is 0 Å². The molecule has 2 fully saturated rings. The molecule has 4 rings (SSSR count). The molecule has 1 N–H and O–H groups in total. The van der Waals surface area contributed by atoms with E-state index in [1.807, 2.05) is 6.92 Å². The van der Waals surface area contributed by atoms with Crippen LogP contribution in [0, 0.1) is 35.5 Å². The van der Waals surface area contributed by atoms with Crippen molar-refractivity contribution >= 4 is 23.4 Å². The van der Waals surface area contributed by atoms with Crippen molar-refractivity contribution in [2.24, 2.45) is 17.3 Å². The number of nitrogens with zero attached hydrogens (tertiary/aromatic N) is 6. The standard InChI is InChI=1S/C21H26ClN7/c1-14-27-17(11-23)9-19(28-14)24-6-5-21(2)10-18(21)15-3-7-29(8-4-15)20-25-12-16(22)13-26-20/h9,12-13,15,18H,3-8,10H2,1-2H3,(H,24,27,28)/t18-,21-/m1/s1. The Morgan fingerprint density at radius 3 is 2.69 bits per heavy atom. The fourth-order valence-electron chi connectivity index (χ4n) is 4.63. The minimum absolute atomic E-state index is 0.400. The molecule has 0 amide bonds. The largest absolute Gasteiger partial charge is 0.370 e. The lowest BCUT2D eigenvalue weighted by molar-refractivity contribution is 0.306. The highest BCUT2D eigenvalue weighted by atomic mass is 35.5. The zero-order valence-corrected chi connectivity index (χ0v) is 17.7. The van der Waals surface area contributed by atoms with Crippen LogP contribution in [-0.4, -0.2) is 39.6 Å². The molecule has 1 saturated heterocycles. The number of halogens is 1. The lowest BCUT2D eigenvalue weighted by Crippen LogP contribution is -2.36. The zero-order chi connectivity index (χ0) is 20.4. The van der Waals surface area contributed by atoms with Crippen molar-refractivity contribution in [2.45, 2.75) is 39.5 Å². The molecule has 7 nitrogen and oxygen atoms in total. The predicted molar refractivity (Wildman–Crippen MR) is 113 cm³/mol. The summed E-state index contributed by atoms with van der Waals surface area (Å²) in [7, 11) is 0. The molecule has 2 aromatic heterocycles. The van der Waals surface area contributed by atoms with Gasteiger partial charge < -0.3 is 10.2 Å². The third-order valence-corrected chi connectivity index (χ3v) is 6.57. The Kier molecular flexibility index (Phi) is 5.55. The fourth-order valence-corrected chi connectivity index (χ4v) is 4.73. The maximum Gasteiger partial charge on any atom is 0.225 e. The molecule has 1 aliphatic heterocycles. The Morgan fingerprint density at radius 1 is 1.28 bits per heavy atom. The number of aryl methyl sites for hydroxylation is 1. The molecule has 1 saturated carbocycles. The van der Waals surface area contributed by atoms with Gasteiger partial charge in [0.1, 0.15) is 23.4 Å². The van der Waals surface area contributed by atoms with Gasteiger partial charge in [0.15, 0.2) is 0 Å². The van der Waals surface area contributed by atoms with Gasteiger partial charge in [-0.2, -0.15) is 5.26 Å². The second-order valence-corrected chi connectivity index (χ2v) is 8.90. The Balaban J connectivity index is 1.25. The Bertz CT molecular complexity index is 902. The predicted octanol–water partition coefficient (Wildman–Crippen LogP) is 3.84. The van der Waals surface area contributed by atoms with E-state index in [2.05, 4.69) is 43.1 Å². The van der Waals surface area contributed by atoms with E-state index in [4.69, 9.17) is 16.9 Å². The minimum atomic E-state index is 0.400. The van der Waals surface area contributed by atoms with Crippen LogP contribution in [0.2, 0.25) is 5.02 Å². The van der Waals surface area contributed by atoms with Crippen LogP contribution in [0.4, 0.5) is 11.8 Å². The van der Waals surface area contributed by atoms with E-state index in [9.17, 15) is 0 Å². The van der Waals surface area contributed by atoms with Crippen molar-refractivity contribution in [3.63, 3.8) is 0 Å². The lowest BCUT2D eigenvalue weighted by atomic mass is 9.86. The molecule has 0 spiro atoms. The Labute approximate surface area is 176 Å². The highest BCUT2D eigenvalue weighted by molar-refractivity contribution is 6.30. The molecule has 1 aliphatic carbocycles. The van der Waals surface area contributed by atoms with E-state index < -0.39 is 0 Å². The summed E-state index contributed by atoms with van der Waals surface area (Å²) in [6, 6.07) is 3.80. The molecular formula is C21H26ClN7. The van der Waals surface area contributed by atoms with Crippen molar-refractivity contribution in [1.82, 2.24) is 19.9 Å². The average Bonchev–Trinajstić information content (AvgIpc) is 3.39. The van der Waals surface area contributed by atoms with Gasteiger partial charge in [0.2, 0.25) is 5.95 Å². The summed E-state index contributed by atoms with van der Waals surface area (Å²) >= 11 is 5.89. The molecule has 152 valence electrons. The van der Waals surface area contributed by atoms with Gasteiger partial charge in [-0.3, -0.25) is 0 Å². The molecule has 0 unspecified atom stereocenters. The summed E-state index contributed by atoms with van der Waals surface area (Å²) in [6.45, 7) is 7.10. The maximum absolute atomic E-state index is 9.05. The summed E-state index contributed by atoms with van der Waals surface area (Å²) < 4.78 is 0. The van der Waals surface area contributed by atoms with Crippen molar-refractivity contribution in [2.75, 3.05) is 29.9 Å². The summed E-state index contributed by atoms with van der Waals surface area (Å²) in [5, 5.41) is 13.0. The van der Waals surface area contributed by atoms with Gasteiger partial charge >= 0.3 is 0 Å². The van der Waals surface area contributed by atoms with Gasteiger partial charge in [-0.1, -0.05) is 18.5 Å². The van der Waals surface area contributed by atoms with E-state index >= 15 is 0 Å². The molecular weight excluding hydrogens is 386 g/mol. The SMILES string of the molecule is Cc1nc(C#N)cc(NCC[C@]2(C)C[C@@H]2C2CCN(c3ncc(Cl)cn3)CC2)n1. The summed E-state index contributed by atoms with van der Waals surface area (Å²) in [6.07, 6.45) is 8.12. The second-order valence-electron chi connectivity index (χ2n) is 8.46. The number of piperidine rings is 1. The highest BCUT2D eigenvalue weighted by Gasteiger charge is 2.53. The zero-order valence-electron chi connectivity index (χ0n) is 16.9. The normalized spacial score (nSPS) is 24.2. The fraction of sp³-hybridized carbons (Fsp3) is 0.571. The molecule has 0 bridgehead atoms. The monoisotopic (exact) mass is 411 g/mol. The van der Waals surface area contributed by atoms with Crippen LogP contribution in [-0.2, 0) is 0 Å². The van der Waals surface area contributed by atoms with E-state index in [0.717, 1.165) is 49.7 Å². The number of anilines is 2. The van der Waals surface area contributed by atoms with E-state index in [0.29, 0.717) is 22.0 Å². The smallest absolute Gasteiger partial charge is 0.225 e. The summed E-state index contributed by atoms with van der Waals surface area (Å²) in [4.78, 5) is 19.4. The first-order valence-corrected chi connectivity index (χ1v) is 10.6. The average molecular weight is 412 g/mol. The van der Waals surface area contributed by atoms with Gasteiger partial charge in [0.25, 0.3) is 0 Å². The number of hydrogen-bond donors (Lipinski definition) is 1. The van der Waals surface area contributed by atoms with Gasteiger partial charge in [0.05, 0.1) is 17.4 Å². The van der Waals surface area contributed by atoms with Gasteiger partial charge in [-0.05, 0) is 49.9 Å².